The van der Waals surface area contributed by atoms with Crippen LogP contribution in [-0.4, -0.2) is 53.8 Å². The largest absolute Gasteiger partial charge is 0.673 e. The van der Waals surface area contributed by atoms with Gasteiger partial charge in [-0.3, -0.25) is 0 Å². The Hall–Kier alpha value is -0.510. The van der Waals surface area contributed by atoms with E-state index in [4.69, 9.17) is 0 Å². The van der Waals surface area contributed by atoms with E-state index in [9.17, 15) is 34.5 Å². The Morgan fingerprint density at radius 1 is 0.542 bits per heavy atom. The van der Waals surface area contributed by atoms with E-state index in [1.165, 1.54) is 65.0 Å². The zero-order chi connectivity index (χ0) is 19.2. The molecule has 2 heterocycles. The van der Waals surface area contributed by atoms with Gasteiger partial charge in [-0.2, -0.15) is 0 Å². The van der Waals surface area contributed by atoms with Crippen LogP contribution in [0.3, 0.4) is 0 Å². The first kappa shape index (κ1) is 25.7. The summed E-state index contributed by atoms with van der Waals surface area (Å²) in [6, 6.07) is 0. The molecule has 148 valence electrons. The van der Waals surface area contributed by atoms with Crippen molar-refractivity contribution in [3.8, 4) is 0 Å². The second-order valence-corrected chi connectivity index (χ2v) is 5.61. The molecule has 2 fully saturated rings. The quantitative estimate of drug-likeness (QED) is 0.541. The molecule has 0 aromatic heterocycles. The summed E-state index contributed by atoms with van der Waals surface area (Å²) in [5.74, 6) is 0. The molecule has 0 aromatic rings. The van der Waals surface area contributed by atoms with Crippen molar-refractivity contribution in [2.75, 3.05) is 39.3 Å². The third kappa shape index (κ3) is 29.5. The Labute approximate surface area is 138 Å². The molecule has 0 spiro atoms. The second kappa shape index (κ2) is 13.7. The van der Waals surface area contributed by atoms with Crippen LogP contribution in [-0.2, 0) is 0 Å². The van der Waals surface area contributed by atoms with Crippen molar-refractivity contribution in [3.63, 3.8) is 0 Å². The van der Waals surface area contributed by atoms with Crippen molar-refractivity contribution in [3.05, 3.63) is 0 Å². The van der Waals surface area contributed by atoms with E-state index < -0.39 is 14.5 Å². The van der Waals surface area contributed by atoms with Gasteiger partial charge >= 0.3 is 14.5 Å². The summed E-state index contributed by atoms with van der Waals surface area (Å²) >= 11 is 0. The number of hydrogen-bond donors (Lipinski definition) is 2. The maximum atomic E-state index is 9.75. The monoisotopic (exact) mass is 374 g/mol. The first-order chi connectivity index (χ1) is 10.9. The van der Waals surface area contributed by atoms with E-state index in [-0.39, 0.29) is 0 Å². The fraction of sp³-hybridized carbons (Fsp3) is 1.00. The van der Waals surface area contributed by atoms with Crippen molar-refractivity contribution >= 4 is 14.5 Å². The van der Waals surface area contributed by atoms with Gasteiger partial charge in [-0.15, -0.1) is 0 Å². The van der Waals surface area contributed by atoms with Crippen LogP contribution in [0.25, 0.3) is 0 Å². The lowest BCUT2D eigenvalue weighted by Gasteiger charge is -2.05. The standard InChI is InChI=1S/2C6H13N.2BF4/c2*1-2-7-5-3-4-6-7;2*2-1(3,4)5/h2*2-6H2,1H3;;/q;;2*-1/p+2. The van der Waals surface area contributed by atoms with Crippen LogP contribution < -0.4 is 9.80 Å². The summed E-state index contributed by atoms with van der Waals surface area (Å²) < 4.78 is 78.0. The van der Waals surface area contributed by atoms with Crippen LogP contribution in [0.4, 0.5) is 34.5 Å². The van der Waals surface area contributed by atoms with Crippen molar-refractivity contribution in [2.45, 2.75) is 39.5 Å². The third-order valence-corrected chi connectivity index (χ3v) is 3.62. The van der Waals surface area contributed by atoms with Gasteiger partial charge in [0.1, 0.15) is 0 Å². The average Bonchev–Trinajstić information content (AvgIpc) is 3.09. The van der Waals surface area contributed by atoms with Gasteiger partial charge in [0.2, 0.25) is 0 Å². The average molecular weight is 374 g/mol. The van der Waals surface area contributed by atoms with Crippen LogP contribution in [0.5, 0.6) is 0 Å². The number of rotatable bonds is 2. The summed E-state index contributed by atoms with van der Waals surface area (Å²) in [6.07, 6.45) is 5.85. The molecule has 2 aliphatic heterocycles. The topological polar surface area (TPSA) is 8.88 Å². The summed E-state index contributed by atoms with van der Waals surface area (Å²) in [5.41, 5.74) is 0. The summed E-state index contributed by atoms with van der Waals surface area (Å²) in [7, 11) is -12.0. The smallest absolute Gasteiger partial charge is 0.418 e. The highest BCUT2D eigenvalue weighted by Gasteiger charge is 2.21. The van der Waals surface area contributed by atoms with Crippen LogP contribution in [0, 0.1) is 0 Å². The molecule has 2 saturated heterocycles. The number of halogens is 8. The maximum absolute atomic E-state index is 9.75. The molecular weight excluding hydrogens is 346 g/mol. The molecule has 0 aromatic carbocycles. The van der Waals surface area contributed by atoms with Crippen LogP contribution in [0.15, 0.2) is 0 Å². The molecule has 12 heteroatoms. The Morgan fingerprint density at radius 2 is 0.708 bits per heavy atom. The van der Waals surface area contributed by atoms with E-state index in [1.54, 1.807) is 9.80 Å². The van der Waals surface area contributed by atoms with Gasteiger partial charge in [-0.25, -0.2) is 0 Å². The van der Waals surface area contributed by atoms with Crippen molar-refractivity contribution in [1.29, 1.82) is 0 Å². The van der Waals surface area contributed by atoms with Gasteiger partial charge in [0.05, 0.1) is 39.3 Å². The highest BCUT2D eigenvalue weighted by molar-refractivity contribution is 6.50. The van der Waals surface area contributed by atoms with Gasteiger partial charge < -0.3 is 44.3 Å². The Bertz CT molecular complexity index is 237. The predicted molar refractivity (Wildman–Crippen MR) is 81.3 cm³/mol. The van der Waals surface area contributed by atoms with E-state index in [0.29, 0.717) is 0 Å². The molecule has 2 N–H and O–H groups in total. The molecule has 0 radical (unpaired) electrons. The normalized spacial score (nSPS) is 18.8. The molecule has 24 heavy (non-hydrogen) atoms. The third-order valence-electron chi connectivity index (χ3n) is 3.62. The Morgan fingerprint density at radius 3 is 0.792 bits per heavy atom. The molecule has 0 saturated carbocycles. The van der Waals surface area contributed by atoms with Crippen LogP contribution in [0.1, 0.15) is 39.5 Å². The first-order valence-electron chi connectivity index (χ1n) is 8.28. The first-order valence-corrected chi connectivity index (χ1v) is 8.28. The lowest BCUT2D eigenvalue weighted by Crippen LogP contribution is -3.09. The molecule has 2 nitrogen and oxygen atoms in total. The predicted octanol–water partition coefficient (Wildman–Crippen LogP) is 1.97. The van der Waals surface area contributed by atoms with Crippen molar-refractivity contribution < 1.29 is 44.3 Å². The highest BCUT2D eigenvalue weighted by Crippen LogP contribution is 2.07. The van der Waals surface area contributed by atoms with E-state index >= 15 is 0 Å². The van der Waals surface area contributed by atoms with E-state index in [2.05, 4.69) is 13.8 Å². The maximum Gasteiger partial charge on any atom is 0.673 e. The lowest BCUT2D eigenvalue weighted by molar-refractivity contribution is -0.885. The molecule has 0 aliphatic carbocycles. The Kier molecular flexibility index (Phi) is 14.7. The fourth-order valence-corrected chi connectivity index (χ4v) is 2.46. The summed E-state index contributed by atoms with van der Waals surface area (Å²) in [4.78, 5) is 3.58. The molecular formula is C12H28B2F8N2. The molecule has 0 bridgehead atoms. The molecule has 2 aliphatic rings. The highest BCUT2D eigenvalue weighted by atomic mass is 19.5. The fourth-order valence-electron chi connectivity index (χ4n) is 2.46. The molecule has 0 atom stereocenters. The van der Waals surface area contributed by atoms with Gasteiger partial charge in [-0.1, -0.05) is 0 Å². The Balaban J connectivity index is 0. The van der Waals surface area contributed by atoms with Crippen molar-refractivity contribution in [2.24, 2.45) is 0 Å². The zero-order valence-corrected chi connectivity index (χ0v) is 14.2. The minimum Gasteiger partial charge on any atom is -0.418 e. The van der Waals surface area contributed by atoms with E-state index in [0.717, 1.165) is 0 Å². The SMILES string of the molecule is CC[NH+]1CCCC1.CC[NH+]1CCCC1.F[B-](F)(F)F.F[B-](F)(F)F. The minimum atomic E-state index is -6.00. The van der Waals surface area contributed by atoms with Crippen LogP contribution >= 0.6 is 0 Å². The lowest BCUT2D eigenvalue weighted by atomic mass is 10.3. The summed E-state index contributed by atoms with van der Waals surface area (Å²) in [6.45, 7) is 12.9. The number of quaternary nitrogens is 2. The van der Waals surface area contributed by atoms with E-state index in [1.807, 2.05) is 0 Å². The number of likely N-dealkylation sites (tertiary alicyclic amines) is 2. The number of nitrogens with one attached hydrogen (secondary N) is 2. The number of hydrogen-bond acceptors (Lipinski definition) is 0. The minimum absolute atomic E-state index is 1.33. The summed E-state index contributed by atoms with van der Waals surface area (Å²) in [5, 5.41) is 0. The molecule has 2 rings (SSSR count). The zero-order valence-electron chi connectivity index (χ0n) is 14.2. The second-order valence-electron chi connectivity index (χ2n) is 5.61. The van der Waals surface area contributed by atoms with Gasteiger partial charge in [0.15, 0.2) is 0 Å². The van der Waals surface area contributed by atoms with Crippen molar-refractivity contribution in [1.82, 2.24) is 0 Å². The van der Waals surface area contributed by atoms with Gasteiger partial charge in [0.25, 0.3) is 0 Å². The van der Waals surface area contributed by atoms with Gasteiger partial charge in [0, 0.05) is 25.7 Å². The van der Waals surface area contributed by atoms with Gasteiger partial charge in [-0.05, 0) is 13.8 Å². The molecule has 0 unspecified atom stereocenters. The van der Waals surface area contributed by atoms with Crippen LogP contribution in [0.2, 0.25) is 0 Å². The molecule has 0 amide bonds.